The van der Waals surface area contributed by atoms with Gasteiger partial charge in [0, 0.05) is 25.7 Å². The number of nitrogens with two attached hydrogens (primary N) is 1. The van der Waals surface area contributed by atoms with Gasteiger partial charge in [-0.05, 0) is 19.6 Å². The molecule has 4 nitrogen and oxygen atoms in total. The fourth-order valence-corrected chi connectivity index (χ4v) is 3.86. The fourth-order valence-electron chi connectivity index (χ4n) is 1.71. The van der Waals surface area contributed by atoms with E-state index in [0.717, 1.165) is 36.1 Å². The highest BCUT2D eigenvalue weighted by atomic mass is 32.2. The maximum Gasteiger partial charge on any atom is 0.177 e. The summed E-state index contributed by atoms with van der Waals surface area (Å²) < 4.78 is 5.31. The van der Waals surface area contributed by atoms with Crippen LogP contribution in [0.4, 0.5) is 10.7 Å². The van der Waals surface area contributed by atoms with Crippen LogP contribution in [0.25, 0.3) is 0 Å². The zero-order chi connectivity index (χ0) is 15.1. The molecule has 0 aromatic carbocycles. The van der Waals surface area contributed by atoms with Crippen LogP contribution in [0.1, 0.15) is 36.9 Å². The van der Waals surface area contributed by atoms with Gasteiger partial charge in [0.15, 0.2) is 5.78 Å². The zero-order valence-electron chi connectivity index (χ0n) is 12.6. The van der Waals surface area contributed by atoms with Crippen molar-refractivity contribution in [3.8, 4) is 0 Å². The molecule has 3 N–H and O–H groups in total. The molecule has 0 atom stereocenters. The van der Waals surface area contributed by atoms with Crippen molar-refractivity contribution >= 4 is 39.6 Å². The van der Waals surface area contributed by atoms with Gasteiger partial charge >= 0.3 is 0 Å². The number of rotatable bonds is 9. The molecule has 0 saturated heterocycles. The van der Waals surface area contributed by atoms with E-state index < -0.39 is 0 Å². The van der Waals surface area contributed by atoms with Gasteiger partial charge in [0.2, 0.25) is 0 Å². The molecule has 1 heterocycles. The number of Topliss-reactive ketones (excluding diaryl/α,β-unsaturated/α-hetero) is 1. The highest BCUT2D eigenvalue weighted by Crippen LogP contribution is 2.42. The van der Waals surface area contributed by atoms with Crippen LogP contribution in [-0.2, 0) is 4.74 Å². The SMILES string of the molecule is CCOCCCNc1sc(C(=O)C(C)C)c(N)c1SC. The number of hydrogen-bond donors (Lipinski definition) is 2. The monoisotopic (exact) mass is 316 g/mol. The van der Waals surface area contributed by atoms with Crippen LogP contribution in [0.15, 0.2) is 4.90 Å². The van der Waals surface area contributed by atoms with Crippen molar-refractivity contribution in [3.05, 3.63) is 4.88 Å². The van der Waals surface area contributed by atoms with Gasteiger partial charge in [-0.1, -0.05) is 13.8 Å². The number of ether oxygens (including phenoxy) is 1. The van der Waals surface area contributed by atoms with E-state index in [1.165, 1.54) is 11.3 Å². The Balaban J connectivity index is 2.75. The summed E-state index contributed by atoms with van der Waals surface area (Å²) in [6.07, 6.45) is 2.92. The maximum atomic E-state index is 12.1. The lowest BCUT2D eigenvalue weighted by atomic mass is 10.1. The van der Waals surface area contributed by atoms with Crippen molar-refractivity contribution in [3.63, 3.8) is 0 Å². The van der Waals surface area contributed by atoms with E-state index in [2.05, 4.69) is 5.32 Å². The van der Waals surface area contributed by atoms with Crippen molar-refractivity contribution in [2.24, 2.45) is 5.92 Å². The lowest BCUT2D eigenvalue weighted by Gasteiger charge is -2.06. The maximum absolute atomic E-state index is 12.1. The normalized spacial score (nSPS) is 11.1. The van der Waals surface area contributed by atoms with Crippen molar-refractivity contribution < 1.29 is 9.53 Å². The average Bonchev–Trinajstić information content (AvgIpc) is 2.73. The summed E-state index contributed by atoms with van der Waals surface area (Å²) in [5, 5.41) is 4.36. The number of hydrogen-bond acceptors (Lipinski definition) is 6. The van der Waals surface area contributed by atoms with Gasteiger partial charge in [-0.25, -0.2) is 0 Å². The minimum atomic E-state index is -0.0311. The molecule has 0 bridgehead atoms. The van der Waals surface area contributed by atoms with E-state index in [0.29, 0.717) is 10.6 Å². The molecule has 0 spiro atoms. The summed E-state index contributed by atoms with van der Waals surface area (Å²) in [5.74, 6) is 0.0848. The summed E-state index contributed by atoms with van der Waals surface area (Å²) in [5.41, 5.74) is 6.73. The third-order valence-electron chi connectivity index (χ3n) is 2.81. The minimum Gasteiger partial charge on any atom is -0.396 e. The minimum absolute atomic E-state index is 0.0311. The Labute approximate surface area is 129 Å². The Bertz CT molecular complexity index is 445. The van der Waals surface area contributed by atoms with Crippen LogP contribution in [0.3, 0.4) is 0 Å². The third kappa shape index (κ3) is 4.40. The first-order valence-corrected chi connectivity index (χ1v) is 8.89. The van der Waals surface area contributed by atoms with Crippen molar-refractivity contribution in [2.75, 3.05) is 37.1 Å². The number of nitrogen functional groups attached to an aromatic ring is 1. The predicted molar refractivity (Wildman–Crippen MR) is 89.3 cm³/mol. The Hall–Kier alpha value is -0.720. The molecule has 1 aromatic rings. The zero-order valence-corrected chi connectivity index (χ0v) is 14.2. The fraction of sp³-hybridized carbons (Fsp3) is 0.643. The van der Waals surface area contributed by atoms with Gasteiger partial charge in [0.05, 0.1) is 15.5 Å². The van der Waals surface area contributed by atoms with E-state index in [9.17, 15) is 4.79 Å². The molecule has 0 amide bonds. The van der Waals surface area contributed by atoms with Gasteiger partial charge in [-0.2, -0.15) is 0 Å². The van der Waals surface area contributed by atoms with Gasteiger partial charge in [0.25, 0.3) is 0 Å². The van der Waals surface area contributed by atoms with Gasteiger partial charge in [0.1, 0.15) is 5.00 Å². The summed E-state index contributed by atoms with van der Waals surface area (Å²) in [6.45, 7) is 8.10. The van der Waals surface area contributed by atoms with Crippen LogP contribution in [0, 0.1) is 5.92 Å². The second kappa shape index (κ2) is 8.54. The molecule has 1 aromatic heterocycles. The van der Waals surface area contributed by atoms with E-state index in [1.807, 2.05) is 27.0 Å². The van der Waals surface area contributed by atoms with Gasteiger partial charge in [-0.15, -0.1) is 23.1 Å². The smallest absolute Gasteiger partial charge is 0.177 e. The first kappa shape index (κ1) is 17.3. The number of ketones is 1. The average molecular weight is 316 g/mol. The van der Waals surface area contributed by atoms with E-state index >= 15 is 0 Å². The molecule has 0 aliphatic carbocycles. The Morgan fingerprint density at radius 1 is 1.50 bits per heavy atom. The summed E-state index contributed by atoms with van der Waals surface area (Å²) in [7, 11) is 0. The number of thiophene rings is 1. The lowest BCUT2D eigenvalue weighted by Crippen LogP contribution is -2.07. The van der Waals surface area contributed by atoms with E-state index in [1.54, 1.807) is 11.8 Å². The number of thioether (sulfide) groups is 1. The summed E-state index contributed by atoms with van der Waals surface area (Å²) in [4.78, 5) is 13.8. The Kier molecular flexibility index (Phi) is 7.40. The number of nitrogens with one attached hydrogen (secondary N) is 1. The van der Waals surface area contributed by atoms with Crippen LogP contribution < -0.4 is 11.1 Å². The van der Waals surface area contributed by atoms with E-state index in [4.69, 9.17) is 10.5 Å². The number of carbonyl (C=O) groups excluding carboxylic acids is 1. The second-order valence-electron chi connectivity index (χ2n) is 4.70. The first-order valence-electron chi connectivity index (χ1n) is 6.84. The molecule has 0 saturated carbocycles. The lowest BCUT2D eigenvalue weighted by molar-refractivity contribution is 0.0944. The second-order valence-corrected chi connectivity index (χ2v) is 6.54. The first-order chi connectivity index (χ1) is 9.52. The molecule has 0 radical (unpaired) electrons. The topological polar surface area (TPSA) is 64.3 Å². The standard InChI is InChI=1S/C14H24N2O2S2/c1-5-18-8-6-7-16-14-13(19-4)10(15)12(20-14)11(17)9(2)3/h9,16H,5-8,15H2,1-4H3. The van der Waals surface area contributed by atoms with Gasteiger partial charge < -0.3 is 15.8 Å². The largest absolute Gasteiger partial charge is 0.396 e. The van der Waals surface area contributed by atoms with Crippen LogP contribution in [0.2, 0.25) is 0 Å². The molecular weight excluding hydrogens is 292 g/mol. The highest BCUT2D eigenvalue weighted by Gasteiger charge is 2.22. The molecular formula is C14H24N2O2S2. The number of carbonyl (C=O) groups is 1. The predicted octanol–water partition coefficient (Wildman–Crippen LogP) is 3.73. The van der Waals surface area contributed by atoms with Crippen molar-refractivity contribution in [1.29, 1.82) is 0 Å². The molecule has 114 valence electrons. The third-order valence-corrected chi connectivity index (χ3v) is 4.95. The molecule has 6 heteroatoms. The summed E-state index contributed by atoms with van der Waals surface area (Å²) >= 11 is 3.04. The number of anilines is 2. The molecule has 20 heavy (non-hydrogen) atoms. The Morgan fingerprint density at radius 2 is 2.20 bits per heavy atom. The van der Waals surface area contributed by atoms with Gasteiger partial charge in [-0.3, -0.25) is 4.79 Å². The van der Waals surface area contributed by atoms with Crippen LogP contribution in [0.5, 0.6) is 0 Å². The molecule has 1 rings (SSSR count). The van der Waals surface area contributed by atoms with Crippen LogP contribution in [-0.4, -0.2) is 31.8 Å². The molecule has 0 unspecified atom stereocenters. The summed E-state index contributed by atoms with van der Waals surface area (Å²) in [6, 6.07) is 0. The molecule has 0 aliphatic rings. The molecule has 0 fully saturated rings. The van der Waals surface area contributed by atoms with Crippen molar-refractivity contribution in [1.82, 2.24) is 0 Å². The van der Waals surface area contributed by atoms with E-state index in [-0.39, 0.29) is 11.7 Å². The van der Waals surface area contributed by atoms with Crippen molar-refractivity contribution in [2.45, 2.75) is 32.1 Å². The quantitative estimate of drug-likeness (QED) is 0.413. The molecule has 0 aliphatic heterocycles. The highest BCUT2D eigenvalue weighted by molar-refractivity contribution is 7.99. The Morgan fingerprint density at radius 3 is 2.75 bits per heavy atom. The van der Waals surface area contributed by atoms with Crippen LogP contribution >= 0.6 is 23.1 Å².